The van der Waals surface area contributed by atoms with Gasteiger partial charge in [0, 0.05) is 39.4 Å². The summed E-state index contributed by atoms with van der Waals surface area (Å²) in [5.74, 6) is -0.338. The third kappa shape index (κ3) is 4.94. The Kier molecular flexibility index (Phi) is 5.64. The molecule has 6 nitrogen and oxygen atoms in total. The minimum absolute atomic E-state index is 0.0740. The van der Waals surface area contributed by atoms with E-state index in [2.05, 4.69) is 5.32 Å². The van der Waals surface area contributed by atoms with Crippen molar-refractivity contribution in [1.29, 1.82) is 0 Å². The Hall–Kier alpha value is -1.60. The monoisotopic (exact) mass is 339 g/mol. The molecule has 0 saturated carbocycles. The molecule has 1 N–H and O–H groups in total. The minimum atomic E-state index is -3.22. The molecule has 1 atom stereocenters. The normalized spacial score (nSPS) is 19.3. The highest BCUT2D eigenvalue weighted by Crippen LogP contribution is 2.19. The van der Waals surface area contributed by atoms with Gasteiger partial charge in [-0.05, 0) is 30.5 Å². The van der Waals surface area contributed by atoms with E-state index >= 15 is 0 Å². The van der Waals surface area contributed by atoms with Crippen molar-refractivity contribution in [1.82, 2.24) is 9.62 Å². The van der Waals surface area contributed by atoms with Gasteiger partial charge in [0.15, 0.2) is 0 Å². The van der Waals surface area contributed by atoms with Gasteiger partial charge in [0.1, 0.15) is 0 Å². The molecule has 1 amide bonds. The first-order chi connectivity index (χ1) is 10.8. The van der Waals surface area contributed by atoms with Crippen molar-refractivity contribution in [3.8, 4) is 0 Å². The lowest BCUT2D eigenvalue weighted by atomic mass is 9.99. The van der Waals surface area contributed by atoms with Crippen molar-refractivity contribution < 1.29 is 13.2 Å². The average molecular weight is 339 g/mol. The first kappa shape index (κ1) is 17.7. The van der Waals surface area contributed by atoms with Crippen molar-refractivity contribution in [3.05, 3.63) is 29.8 Å². The number of sulfonamides is 1. The molecule has 0 aromatic heterocycles. The summed E-state index contributed by atoms with van der Waals surface area (Å²) in [6.07, 6.45) is 2.65. The van der Waals surface area contributed by atoms with Crippen LogP contribution in [0.4, 0.5) is 5.69 Å². The van der Waals surface area contributed by atoms with Gasteiger partial charge in [0.2, 0.25) is 15.9 Å². The van der Waals surface area contributed by atoms with E-state index in [1.54, 1.807) is 0 Å². The second-order valence-corrected chi connectivity index (χ2v) is 8.22. The van der Waals surface area contributed by atoms with E-state index in [-0.39, 0.29) is 18.4 Å². The van der Waals surface area contributed by atoms with Crippen LogP contribution in [0.2, 0.25) is 0 Å². The molecule has 1 saturated heterocycles. The summed E-state index contributed by atoms with van der Waals surface area (Å²) in [7, 11) is 0.735. The van der Waals surface area contributed by atoms with Crippen molar-refractivity contribution in [2.75, 3.05) is 38.3 Å². The van der Waals surface area contributed by atoms with Crippen LogP contribution in [0.25, 0.3) is 0 Å². The van der Waals surface area contributed by atoms with Gasteiger partial charge in [-0.1, -0.05) is 12.1 Å². The van der Waals surface area contributed by atoms with Gasteiger partial charge in [-0.15, -0.1) is 0 Å². The van der Waals surface area contributed by atoms with Crippen LogP contribution in [0.5, 0.6) is 0 Å². The van der Waals surface area contributed by atoms with Crippen LogP contribution in [0.15, 0.2) is 24.3 Å². The van der Waals surface area contributed by atoms with Crippen LogP contribution in [-0.4, -0.2) is 52.1 Å². The summed E-state index contributed by atoms with van der Waals surface area (Å²) in [4.78, 5) is 14.3. The smallest absolute Gasteiger partial charge is 0.224 e. The largest absolute Gasteiger partial charge is 0.378 e. The molecule has 7 heteroatoms. The first-order valence-corrected chi connectivity index (χ1v) is 9.61. The van der Waals surface area contributed by atoms with Gasteiger partial charge in [0.05, 0.1) is 12.2 Å². The zero-order valence-corrected chi connectivity index (χ0v) is 14.8. The van der Waals surface area contributed by atoms with Crippen LogP contribution >= 0.6 is 0 Å². The van der Waals surface area contributed by atoms with Crippen LogP contribution in [0.1, 0.15) is 18.4 Å². The third-order valence-corrected chi connectivity index (χ3v) is 5.41. The van der Waals surface area contributed by atoms with E-state index in [9.17, 15) is 13.2 Å². The number of rotatable bonds is 5. The fourth-order valence-electron chi connectivity index (χ4n) is 2.70. The molecule has 0 aliphatic carbocycles. The quantitative estimate of drug-likeness (QED) is 0.870. The third-order valence-electron chi connectivity index (χ3n) is 4.14. The van der Waals surface area contributed by atoms with E-state index in [0.29, 0.717) is 13.1 Å². The number of hydrogen-bond acceptors (Lipinski definition) is 4. The SMILES string of the molecule is CN(C)c1ccc(CNC(=O)[C@@H]2CCCN(S(C)(=O)=O)C2)cc1. The molecule has 0 unspecified atom stereocenters. The predicted molar refractivity (Wildman–Crippen MR) is 91.8 cm³/mol. The molecule has 128 valence electrons. The zero-order chi connectivity index (χ0) is 17.0. The molecule has 1 aliphatic rings. The fraction of sp³-hybridized carbons (Fsp3) is 0.562. The summed E-state index contributed by atoms with van der Waals surface area (Å²) in [6, 6.07) is 7.99. The number of carbonyl (C=O) groups is 1. The van der Waals surface area contributed by atoms with E-state index in [1.165, 1.54) is 10.6 Å². The minimum Gasteiger partial charge on any atom is -0.378 e. The van der Waals surface area contributed by atoms with E-state index in [1.807, 2.05) is 43.3 Å². The number of hydrogen-bond donors (Lipinski definition) is 1. The van der Waals surface area contributed by atoms with Crippen LogP contribution < -0.4 is 10.2 Å². The summed E-state index contributed by atoms with van der Waals surface area (Å²) in [6.45, 7) is 1.25. The summed E-state index contributed by atoms with van der Waals surface area (Å²) in [5, 5.41) is 2.92. The van der Waals surface area contributed by atoms with Crippen molar-refractivity contribution in [2.24, 2.45) is 5.92 Å². The Morgan fingerprint density at radius 3 is 2.52 bits per heavy atom. The highest BCUT2D eigenvalue weighted by atomic mass is 32.2. The van der Waals surface area contributed by atoms with Gasteiger partial charge in [-0.3, -0.25) is 4.79 Å². The van der Waals surface area contributed by atoms with E-state index < -0.39 is 10.0 Å². The summed E-state index contributed by atoms with van der Waals surface area (Å²) >= 11 is 0. The Labute approximate surface area is 138 Å². The van der Waals surface area contributed by atoms with Crippen LogP contribution in [-0.2, 0) is 21.4 Å². The molecule has 0 spiro atoms. The Morgan fingerprint density at radius 2 is 1.96 bits per heavy atom. The molecular formula is C16H25N3O3S. The zero-order valence-electron chi connectivity index (χ0n) is 13.9. The molecule has 0 bridgehead atoms. The highest BCUT2D eigenvalue weighted by molar-refractivity contribution is 7.88. The molecule has 1 heterocycles. The number of amides is 1. The molecule has 1 aromatic carbocycles. The lowest BCUT2D eigenvalue weighted by molar-refractivity contribution is -0.126. The number of carbonyl (C=O) groups excluding carboxylic acids is 1. The van der Waals surface area contributed by atoms with Gasteiger partial charge in [-0.25, -0.2) is 12.7 Å². The van der Waals surface area contributed by atoms with E-state index in [4.69, 9.17) is 0 Å². The molecule has 1 aliphatic heterocycles. The molecule has 1 fully saturated rings. The average Bonchev–Trinajstić information content (AvgIpc) is 2.52. The number of benzene rings is 1. The number of anilines is 1. The van der Waals surface area contributed by atoms with Crippen molar-refractivity contribution in [2.45, 2.75) is 19.4 Å². The lowest BCUT2D eigenvalue weighted by Crippen LogP contribution is -2.44. The van der Waals surface area contributed by atoms with Gasteiger partial charge in [-0.2, -0.15) is 0 Å². The Bertz CT molecular complexity index is 641. The Balaban J connectivity index is 1.89. The maximum absolute atomic E-state index is 12.3. The number of nitrogens with zero attached hydrogens (tertiary/aromatic N) is 2. The molecule has 23 heavy (non-hydrogen) atoms. The summed E-state index contributed by atoms with van der Waals surface area (Å²) in [5.41, 5.74) is 2.14. The molecule has 0 radical (unpaired) electrons. The standard InChI is InChI=1S/C16H25N3O3S/c1-18(2)15-8-6-13(7-9-15)11-17-16(20)14-5-4-10-19(12-14)23(3,21)22/h6-9,14H,4-5,10-12H2,1-3H3,(H,17,20)/t14-/m1/s1. The maximum Gasteiger partial charge on any atom is 0.224 e. The molecule has 2 rings (SSSR count). The van der Waals surface area contributed by atoms with Crippen molar-refractivity contribution in [3.63, 3.8) is 0 Å². The van der Waals surface area contributed by atoms with Gasteiger partial charge >= 0.3 is 0 Å². The van der Waals surface area contributed by atoms with E-state index in [0.717, 1.165) is 24.1 Å². The Morgan fingerprint density at radius 1 is 1.30 bits per heavy atom. The predicted octanol–water partition coefficient (Wildman–Crippen LogP) is 1.04. The van der Waals surface area contributed by atoms with Gasteiger partial charge in [0.25, 0.3) is 0 Å². The lowest BCUT2D eigenvalue weighted by Gasteiger charge is -2.30. The molecular weight excluding hydrogens is 314 g/mol. The van der Waals surface area contributed by atoms with Crippen LogP contribution in [0.3, 0.4) is 0 Å². The fourth-order valence-corrected chi connectivity index (χ4v) is 3.61. The van der Waals surface area contributed by atoms with Crippen LogP contribution in [0, 0.1) is 5.92 Å². The maximum atomic E-state index is 12.3. The summed E-state index contributed by atoms with van der Waals surface area (Å²) < 4.78 is 24.6. The number of nitrogens with one attached hydrogen (secondary N) is 1. The second-order valence-electron chi connectivity index (χ2n) is 6.24. The number of piperidine rings is 1. The van der Waals surface area contributed by atoms with Gasteiger partial charge < -0.3 is 10.2 Å². The first-order valence-electron chi connectivity index (χ1n) is 7.76. The highest BCUT2D eigenvalue weighted by Gasteiger charge is 2.29. The molecule has 1 aromatic rings. The van der Waals surface area contributed by atoms with Crippen molar-refractivity contribution >= 4 is 21.6 Å². The topological polar surface area (TPSA) is 69.7 Å². The second kappa shape index (κ2) is 7.31.